The van der Waals surface area contributed by atoms with Crippen LogP contribution in [0.3, 0.4) is 0 Å². The molecule has 2 heterocycles. The Labute approximate surface area is 198 Å². The number of carbonyl (C=O) groups excluding carboxylic acids is 1. The van der Waals surface area contributed by atoms with Gasteiger partial charge in [-0.2, -0.15) is 13.2 Å². The molecule has 0 bridgehead atoms. The highest BCUT2D eigenvalue weighted by Crippen LogP contribution is 2.30. The van der Waals surface area contributed by atoms with E-state index in [1.165, 1.54) is 12.3 Å². The number of benzene rings is 2. The van der Waals surface area contributed by atoms with Crippen LogP contribution in [-0.2, 0) is 32.4 Å². The number of amides is 1. The fourth-order valence-corrected chi connectivity index (χ4v) is 4.19. The lowest BCUT2D eigenvalue weighted by Gasteiger charge is -2.21. The minimum atomic E-state index is -4.40. The van der Waals surface area contributed by atoms with Crippen molar-refractivity contribution in [2.24, 2.45) is 0 Å². The van der Waals surface area contributed by atoms with Crippen LogP contribution in [0.2, 0.25) is 0 Å². The largest absolute Gasteiger partial charge is 0.447 e. The van der Waals surface area contributed by atoms with Gasteiger partial charge >= 0.3 is 6.18 Å². The van der Waals surface area contributed by atoms with Crippen LogP contribution in [-0.4, -0.2) is 15.8 Å². The molecular weight excluding hydrogens is 463 g/mol. The molecule has 0 radical (unpaired) electrons. The summed E-state index contributed by atoms with van der Waals surface area (Å²) in [6.07, 6.45) is -3.11. The monoisotopic (exact) mass is 485 g/mol. The summed E-state index contributed by atoms with van der Waals surface area (Å²) in [4.78, 5) is 19.7. The van der Waals surface area contributed by atoms with E-state index in [1.807, 2.05) is 52.7 Å². The zero-order valence-electron chi connectivity index (χ0n) is 18.1. The molecule has 0 saturated carbocycles. The molecule has 9 heteroatoms. The van der Waals surface area contributed by atoms with Crippen molar-refractivity contribution in [3.05, 3.63) is 112 Å². The lowest BCUT2D eigenvalue weighted by Crippen LogP contribution is -2.24. The van der Waals surface area contributed by atoms with E-state index >= 15 is 0 Å². The Hall–Kier alpha value is -3.43. The second-order valence-corrected chi connectivity index (χ2v) is 8.75. The molecule has 1 N–H and O–H groups in total. The van der Waals surface area contributed by atoms with E-state index in [4.69, 9.17) is 4.42 Å². The van der Waals surface area contributed by atoms with Crippen molar-refractivity contribution >= 4 is 17.2 Å². The first-order valence-electron chi connectivity index (χ1n) is 10.5. The minimum absolute atomic E-state index is 0.154. The number of oxazole rings is 1. The van der Waals surface area contributed by atoms with Crippen molar-refractivity contribution in [1.82, 2.24) is 15.2 Å². The molecule has 176 valence electrons. The first kappa shape index (κ1) is 23.7. The predicted octanol–water partition coefficient (Wildman–Crippen LogP) is 5.89. The van der Waals surface area contributed by atoms with Crippen molar-refractivity contribution in [1.29, 1.82) is 0 Å². The maximum Gasteiger partial charge on any atom is 0.416 e. The lowest BCUT2D eigenvalue weighted by atomic mass is 10.1. The first-order valence-corrected chi connectivity index (χ1v) is 11.4. The summed E-state index contributed by atoms with van der Waals surface area (Å²) in [6.45, 7) is 1.37. The van der Waals surface area contributed by atoms with E-state index in [0.29, 0.717) is 24.5 Å². The third kappa shape index (κ3) is 6.55. The summed E-state index contributed by atoms with van der Waals surface area (Å²) in [7, 11) is 0. The average molecular weight is 486 g/mol. The highest BCUT2D eigenvalue weighted by Gasteiger charge is 2.30. The molecule has 0 aliphatic rings. The molecule has 4 aromatic rings. The van der Waals surface area contributed by atoms with Gasteiger partial charge in [0, 0.05) is 24.5 Å². The number of rotatable bonds is 9. The van der Waals surface area contributed by atoms with Crippen molar-refractivity contribution < 1.29 is 22.4 Å². The minimum Gasteiger partial charge on any atom is -0.447 e. The summed E-state index contributed by atoms with van der Waals surface area (Å²) in [6, 6.07) is 18.7. The maximum absolute atomic E-state index is 13.1. The quantitative estimate of drug-likeness (QED) is 0.321. The van der Waals surface area contributed by atoms with Crippen molar-refractivity contribution in [3.8, 4) is 0 Å². The van der Waals surface area contributed by atoms with Gasteiger partial charge in [-0.25, -0.2) is 4.98 Å². The average Bonchev–Trinajstić information content (AvgIpc) is 3.50. The summed E-state index contributed by atoms with van der Waals surface area (Å²) in [5.41, 5.74) is 0.956. The SMILES string of the molecule is O=C(NCc1ccccc1)c1coc(CN(Cc2cccc(C(F)(F)F)c2)Cc2cccs2)n1. The van der Waals surface area contributed by atoms with Gasteiger partial charge in [-0.05, 0) is 28.6 Å². The molecule has 0 aliphatic heterocycles. The lowest BCUT2D eigenvalue weighted by molar-refractivity contribution is -0.137. The van der Waals surface area contributed by atoms with Gasteiger partial charge < -0.3 is 9.73 Å². The molecule has 0 aliphatic carbocycles. The van der Waals surface area contributed by atoms with Gasteiger partial charge in [0.15, 0.2) is 5.69 Å². The maximum atomic E-state index is 13.1. The van der Waals surface area contributed by atoms with Gasteiger partial charge in [0.25, 0.3) is 5.91 Å². The van der Waals surface area contributed by atoms with Crippen LogP contribution in [0.5, 0.6) is 0 Å². The van der Waals surface area contributed by atoms with Crippen LogP contribution < -0.4 is 5.32 Å². The number of nitrogens with zero attached hydrogens (tertiary/aromatic N) is 2. The summed E-state index contributed by atoms with van der Waals surface area (Å²) >= 11 is 1.56. The van der Waals surface area contributed by atoms with Crippen LogP contribution in [0, 0.1) is 0 Å². The molecule has 34 heavy (non-hydrogen) atoms. The summed E-state index contributed by atoms with van der Waals surface area (Å²) in [5.74, 6) is -0.0464. The predicted molar refractivity (Wildman–Crippen MR) is 123 cm³/mol. The van der Waals surface area contributed by atoms with Gasteiger partial charge in [0.2, 0.25) is 5.89 Å². The van der Waals surface area contributed by atoms with E-state index < -0.39 is 11.7 Å². The van der Waals surface area contributed by atoms with Gasteiger partial charge in [0.1, 0.15) is 6.26 Å². The number of thiophene rings is 1. The molecule has 4 rings (SSSR count). The molecule has 2 aromatic heterocycles. The van der Waals surface area contributed by atoms with E-state index in [2.05, 4.69) is 10.3 Å². The third-order valence-electron chi connectivity index (χ3n) is 5.06. The zero-order chi connectivity index (χ0) is 24.0. The van der Waals surface area contributed by atoms with Crippen LogP contribution in [0.4, 0.5) is 13.2 Å². The van der Waals surface area contributed by atoms with E-state index in [1.54, 1.807) is 17.4 Å². The Morgan fingerprint density at radius 1 is 0.971 bits per heavy atom. The van der Waals surface area contributed by atoms with Crippen LogP contribution in [0.1, 0.15) is 37.9 Å². The second kappa shape index (κ2) is 10.7. The Morgan fingerprint density at radius 3 is 2.50 bits per heavy atom. The number of aromatic nitrogens is 1. The van der Waals surface area contributed by atoms with E-state index in [-0.39, 0.29) is 24.7 Å². The molecule has 1 amide bonds. The van der Waals surface area contributed by atoms with E-state index in [9.17, 15) is 18.0 Å². The van der Waals surface area contributed by atoms with Gasteiger partial charge in [0.05, 0.1) is 12.1 Å². The fourth-order valence-electron chi connectivity index (χ4n) is 3.44. The normalized spacial score (nSPS) is 11.6. The third-order valence-corrected chi connectivity index (χ3v) is 5.92. The smallest absolute Gasteiger partial charge is 0.416 e. The van der Waals surface area contributed by atoms with Gasteiger partial charge in [-0.15, -0.1) is 11.3 Å². The molecule has 5 nitrogen and oxygen atoms in total. The number of alkyl halides is 3. The Kier molecular flexibility index (Phi) is 7.44. The number of carbonyl (C=O) groups is 1. The number of nitrogens with one attached hydrogen (secondary N) is 1. The van der Waals surface area contributed by atoms with Gasteiger partial charge in [-0.3, -0.25) is 9.69 Å². The van der Waals surface area contributed by atoms with Gasteiger partial charge in [-0.1, -0.05) is 54.6 Å². The van der Waals surface area contributed by atoms with Crippen LogP contribution in [0.25, 0.3) is 0 Å². The molecule has 0 atom stereocenters. The molecule has 0 spiro atoms. The standard InChI is InChI=1S/C25H22F3N3O2S/c26-25(27,28)20-9-4-8-19(12-20)14-31(15-21-10-5-11-34-21)16-23-30-22(17-33-23)24(32)29-13-18-6-2-1-3-7-18/h1-12,17H,13-16H2,(H,29,32). The highest BCUT2D eigenvalue weighted by molar-refractivity contribution is 7.09. The Morgan fingerprint density at radius 2 is 1.76 bits per heavy atom. The zero-order valence-corrected chi connectivity index (χ0v) is 18.9. The topological polar surface area (TPSA) is 58.4 Å². The van der Waals surface area contributed by atoms with Crippen molar-refractivity contribution in [2.45, 2.75) is 32.4 Å². The molecule has 0 unspecified atom stereocenters. The molecule has 0 fully saturated rings. The number of hydrogen-bond donors (Lipinski definition) is 1. The van der Waals surface area contributed by atoms with Crippen molar-refractivity contribution in [2.75, 3.05) is 0 Å². The van der Waals surface area contributed by atoms with E-state index in [0.717, 1.165) is 22.6 Å². The van der Waals surface area contributed by atoms with Crippen molar-refractivity contribution in [3.63, 3.8) is 0 Å². The Bertz CT molecular complexity index is 1210. The fraction of sp³-hybridized carbons (Fsp3) is 0.200. The van der Waals surface area contributed by atoms with Crippen LogP contribution in [0.15, 0.2) is 82.8 Å². The molecule has 2 aromatic carbocycles. The number of hydrogen-bond acceptors (Lipinski definition) is 5. The van der Waals surface area contributed by atoms with Crippen LogP contribution >= 0.6 is 11.3 Å². The number of halogens is 3. The Balaban J connectivity index is 1.44. The molecule has 0 saturated heterocycles. The highest BCUT2D eigenvalue weighted by atomic mass is 32.1. The second-order valence-electron chi connectivity index (χ2n) is 7.72. The molecular formula is C25H22F3N3O2S. The first-order chi connectivity index (χ1) is 16.4. The summed E-state index contributed by atoms with van der Waals surface area (Å²) in [5, 5.41) is 4.74. The summed E-state index contributed by atoms with van der Waals surface area (Å²) < 4.78 is 44.9.